The average Bonchev–Trinajstić information content (AvgIpc) is 2.78. The maximum Gasteiger partial charge on any atom is 0.134 e. The van der Waals surface area contributed by atoms with Gasteiger partial charge in [0.15, 0.2) is 0 Å². The molecule has 3 nitrogen and oxygen atoms in total. The molecule has 0 saturated carbocycles. The number of benzene rings is 1. The Morgan fingerprint density at radius 2 is 1.76 bits per heavy atom. The van der Waals surface area contributed by atoms with Crippen LogP contribution in [0.5, 0.6) is 0 Å². The lowest BCUT2D eigenvalue weighted by Crippen LogP contribution is -2.07. The van der Waals surface area contributed by atoms with Crippen molar-refractivity contribution < 1.29 is 4.42 Å². The zero-order chi connectivity index (χ0) is 12.3. The highest BCUT2D eigenvalue weighted by Gasteiger charge is 2.04. The largest absolute Gasteiger partial charge is 0.460 e. The Balaban J connectivity index is 2.21. The summed E-state index contributed by atoms with van der Waals surface area (Å²) in [5.74, 6) is 1.87. The standard InChI is InChI=1S/C14H18N2O/c1-15-10-13-8-9-14(17-13)11-4-6-12(7-5-11)16(2)3/h4-9,15H,10H2,1-3H3. The number of rotatable bonds is 4. The van der Waals surface area contributed by atoms with Gasteiger partial charge in [-0.1, -0.05) is 0 Å². The molecule has 0 saturated heterocycles. The molecule has 0 spiro atoms. The van der Waals surface area contributed by atoms with Crippen molar-refractivity contribution in [2.45, 2.75) is 6.54 Å². The molecule has 2 rings (SSSR count). The molecule has 1 aromatic heterocycles. The molecule has 1 N–H and O–H groups in total. The predicted molar refractivity (Wildman–Crippen MR) is 71.2 cm³/mol. The Kier molecular flexibility index (Phi) is 3.49. The van der Waals surface area contributed by atoms with Crippen molar-refractivity contribution in [3.8, 4) is 11.3 Å². The number of anilines is 1. The third-order valence-corrected chi connectivity index (χ3v) is 2.68. The first-order chi connectivity index (χ1) is 8.20. The maximum atomic E-state index is 5.73. The number of nitrogens with one attached hydrogen (secondary N) is 1. The van der Waals surface area contributed by atoms with Crippen LogP contribution in [0.4, 0.5) is 5.69 Å². The van der Waals surface area contributed by atoms with Crippen molar-refractivity contribution in [1.82, 2.24) is 5.32 Å². The van der Waals surface area contributed by atoms with E-state index in [4.69, 9.17) is 4.42 Å². The second kappa shape index (κ2) is 5.06. The Hall–Kier alpha value is -1.74. The molecule has 2 aromatic rings. The van der Waals surface area contributed by atoms with Crippen LogP contribution >= 0.6 is 0 Å². The van der Waals surface area contributed by atoms with E-state index in [-0.39, 0.29) is 0 Å². The highest BCUT2D eigenvalue weighted by atomic mass is 16.3. The van der Waals surface area contributed by atoms with Crippen molar-refractivity contribution in [3.63, 3.8) is 0 Å². The second-order valence-corrected chi connectivity index (χ2v) is 4.24. The van der Waals surface area contributed by atoms with Gasteiger partial charge in [-0.25, -0.2) is 0 Å². The summed E-state index contributed by atoms with van der Waals surface area (Å²) < 4.78 is 5.73. The number of hydrogen-bond donors (Lipinski definition) is 1. The van der Waals surface area contributed by atoms with Crippen molar-refractivity contribution in [3.05, 3.63) is 42.2 Å². The first-order valence-corrected chi connectivity index (χ1v) is 5.72. The van der Waals surface area contributed by atoms with Gasteiger partial charge in [0, 0.05) is 25.3 Å². The van der Waals surface area contributed by atoms with Crippen LogP contribution in [0.25, 0.3) is 11.3 Å². The van der Waals surface area contributed by atoms with Crippen LogP contribution in [-0.4, -0.2) is 21.1 Å². The van der Waals surface area contributed by atoms with Gasteiger partial charge in [0.1, 0.15) is 11.5 Å². The van der Waals surface area contributed by atoms with Gasteiger partial charge in [-0.15, -0.1) is 0 Å². The highest BCUT2D eigenvalue weighted by Crippen LogP contribution is 2.24. The molecule has 90 valence electrons. The van der Waals surface area contributed by atoms with E-state index >= 15 is 0 Å². The van der Waals surface area contributed by atoms with E-state index < -0.39 is 0 Å². The van der Waals surface area contributed by atoms with Gasteiger partial charge in [-0.3, -0.25) is 0 Å². The summed E-state index contributed by atoms with van der Waals surface area (Å²) in [6, 6.07) is 12.4. The number of nitrogens with zero attached hydrogens (tertiary/aromatic N) is 1. The van der Waals surface area contributed by atoms with Crippen LogP contribution in [0.2, 0.25) is 0 Å². The molecule has 1 heterocycles. The van der Waals surface area contributed by atoms with Gasteiger partial charge in [0.2, 0.25) is 0 Å². The Bertz CT molecular complexity index is 471. The normalized spacial score (nSPS) is 10.5. The summed E-state index contributed by atoms with van der Waals surface area (Å²) in [5, 5.41) is 3.07. The van der Waals surface area contributed by atoms with Crippen LogP contribution in [0.1, 0.15) is 5.76 Å². The summed E-state index contributed by atoms with van der Waals surface area (Å²) >= 11 is 0. The van der Waals surface area contributed by atoms with Crippen LogP contribution < -0.4 is 10.2 Å². The molecular formula is C14H18N2O. The summed E-state index contributed by atoms with van der Waals surface area (Å²) in [7, 11) is 5.98. The highest BCUT2D eigenvalue weighted by molar-refractivity contribution is 5.61. The quantitative estimate of drug-likeness (QED) is 0.875. The zero-order valence-corrected chi connectivity index (χ0v) is 10.5. The molecule has 0 unspecified atom stereocenters. The van der Waals surface area contributed by atoms with E-state index in [0.717, 1.165) is 23.6 Å². The van der Waals surface area contributed by atoms with Crippen LogP contribution in [0.15, 0.2) is 40.8 Å². The number of furan rings is 1. The molecule has 0 fully saturated rings. The smallest absolute Gasteiger partial charge is 0.134 e. The maximum absolute atomic E-state index is 5.73. The molecule has 0 bridgehead atoms. The lowest BCUT2D eigenvalue weighted by Gasteiger charge is -2.12. The van der Waals surface area contributed by atoms with Crippen molar-refractivity contribution in [2.75, 3.05) is 26.0 Å². The number of hydrogen-bond acceptors (Lipinski definition) is 3. The van der Waals surface area contributed by atoms with Crippen LogP contribution in [0.3, 0.4) is 0 Å². The molecule has 0 aliphatic heterocycles. The van der Waals surface area contributed by atoms with Gasteiger partial charge >= 0.3 is 0 Å². The molecule has 0 radical (unpaired) electrons. The second-order valence-electron chi connectivity index (χ2n) is 4.24. The molecule has 0 aliphatic carbocycles. The predicted octanol–water partition coefficient (Wildman–Crippen LogP) is 2.73. The van der Waals surface area contributed by atoms with Crippen LogP contribution in [0, 0.1) is 0 Å². The SMILES string of the molecule is CNCc1ccc(-c2ccc(N(C)C)cc2)o1. The first kappa shape index (κ1) is 11.7. The molecule has 1 aromatic carbocycles. The Labute approximate surface area is 102 Å². The van der Waals surface area contributed by atoms with Crippen molar-refractivity contribution in [1.29, 1.82) is 0 Å². The zero-order valence-electron chi connectivity index (χ0n) is 10.5. The van der Waals surface area contributed by atoms with E-state index in [2.05, 4.69) is 34.5 Å². The van der Waals surface area contributed by atoms with E-state index in [1.165, 1.54) is 5.69 Å². The van der Waals surface area contributed by atoms with E-state index in [1.54, 1.807) is 0 Å². The molecular weight excluding hydrogens is 212 g/mol. The average molecular weight is 230 g/mol. The molecule has 17 heavy (non-hydrogen) atoms. The van der Waals surface area contributed by atoms with Gasteiger partial charge in [0.25, 0.3) is 0 Å². The Morgan fingerprint density at radius 3 is 2.35 bits per heavy atom. The van der Waals surface area contributed by atoms with Crippen molar-refractivity contribution >= 4 is 5.69 Å². The minimum Gasteiger partial charge on any atom is -0.460 e. The topological polar surface area (TPSA) is 28.4 Å². The molecule has 0 atom stereocenters. The fourth-order valence-corrected chi connectivity index (χ4v) is 1.73. The van der Waals surface area contributed by atoms with Gasteiger partial charge in [-0.05, 0) is 43.4 Å². The van der Waals surface area contributed by atoms with Gasteiger partial charge < -0.3 is 14.6 Å². The van der Waals surface area contributed by atoms with Crippen molar-refractivity contribution in [2.24, 2.45) is 0 Å². The van der Waals surface area contributed by atoms with E-state index in [1.807, 2.05) is 33.3 Å². The fraction of sp³-hybridized carbons (Fsp3) is 0.286. The lowest BCUT2D eigenvalue weighted by molar-refractivity contribution is 0.507. The molecule has 0 amide bonds. The summed E-state index contributed by atoms with van der Waals surface area (Å²) in [6.07, 6.45) is 0. The third kappa shape index (κ3) is 2.68. The van der Waals surface area contributed by atoms with E-state index in [9.17, 15) is 0 Å². The molecule has 3 heteroatoms. The summed E-state index contributed by atoms with van der Waals surface area (Å²) in [6.45, 7) is 0.760. The summed E-state index contributed by atoms with van der Waals surface area (Å²) in [5.41, 5.74) is 2.30. The van der Waals surface area contributed by atoms with Gasteiger partial charge in [-0.2, -0.15) is 0 Å². The van der Waals surface area contributed by atoms with Gasteiger partial charge in [0.05, 0.1) is 6.54 Å². The lowest BCUT2D eigenvalue weighted by atomic mass is 10.1. The first-order valence-electron chi connectivity index (χ1n) is 5.72. The minimum atomic E-state index is 0.760. The Morgan fingerprint density at radius 1 is 1.06 bits per heavy atom. The van der Waals surface area contributed by atoms with Crippen LogP contribution in [-0.2, 0) is 6.54 Å². The monoisotopic (exact) mass is 230 g/mol. The fourth-order valence-electron chi connectivity index (χ4n) is 1.73. The summed E-state index contributed by atoms with van der Waals surface area (Å²) in [4.78, 5) is 2.08. The van der Waals surface area contributed by atoms with E-state index in [0.29, 0.717) is 0 Å². The molecule has 0 aliphatic rings. The minimum absolute atomic E-state index is 0.760. The third-order valence-electron chi connectivity index (χ3n) is 2.68.